The Morgan fingerprint density at radius 2 is 2.11 bits per heavy atom. The van der Waals surface area contributed by atoms with Crippen LogP contribution in [0.5, 0.6) is 0 Å². The number of aromatic nitrogens is 1. The first-order chi connectivity index (χ1) is 8.68. The highest BCUT2D eigenvalue weighted by Gasteiger charge is 2.36. The van der Waals surface area contributed by atoms with Crippen LogP contribution in [0.3, 0.4) is 0 Å². The van der Waals surface area contributed by atoms with E-state index >= 15 is 0 Å². The lowest BCUT2D eigenvalue weighted by molar-refractivity contribution is 0.360. The molecule has 2 heterocycles. The second-order valence-corrected chi connectivity index (χ2v) is 6.36. The van der Waals surface area contributed by atoms with Crippen molar-refractivity contribution >= 4 is 27.4 Å². The minimum Gasteiger partial charge on any atom is -0.397 e. The van der Waals surface area contributed by atoms with Gasteiger partial charge in [-0.25, -0.2) is 4.98 Å². The smallest absolute Gasteiger partial charge is 0.143 e. The molecule has 1 aromatic rings. The molecule has 0 amide bonds. The fourth-order valence-corrected chi connectivity index (χ4v) is 4.05. The summed E-state index contributed by atoms with van der Waals surface area (Å²) in [5.41, 5.74) is 7.80. The molecule has 2 atom stereocenters. The molecule has 1 saturated heterocycles. The molecule has 2 unspecified atom stereocenters. The molecule has 18 heavy (non-hydrogen) atoms. The van der Waals surface area contributed by atoms with Crippen LogP contribution in [0.25, 0.3) is 0 Å². The number of piperidine rings is 1. The van der Waals surface area contributed by atoms with E-state index in [1.807, 2.05) is 0 Å². The molecule has 2 fully saturated rings. The lowest BCUT2D eigenvalue weighted by atomic mass is 9.92. The van der Waals surface area contributed by atoms with Crippen molar-refractivity contribution in [3.8, 4) is 0 Å². The van der Waals surface area contributed by atoms with Gasteiger partial charge in [0.1, 0.15) is 5.82 Å². The summed E-state index contributed by atoms with van der Waals surface area (Å²) < 4.78 is 1.08. The summed E-state index contributed by atoms with van der Waals surface area (Å²) in [6.07, 6.45) is 8.58. The van der Waals surface area contributed by atoms with Crippen LogP contribution in [0.2, 0.25) is 0 Å². The number of hydrogen-bond donors (Lipinski definition) is 1. The highest BCUT2D eigenvalue weighted by molar-refractivity contribution is 9.10. The third-order valence-corrected chi connectivity index (χ3v) is 5.50. The second-order valence-electron chi connectivity index (χ2n) is 5.57. The molecule has 1 aromatic heterocycles. The molecule has 3 nitrogen and oxygen atoms in total. The largest absolute Gasteiger partial charge is 0.397 e. The van der Waals surface area contributed by atoms with E-state index in [1.165, 1.54) is 32.1 Å². The number of anilines is 2. The summed E-state index contributed by atoms with van der Waals surface area (Å²) in [5.74, 6) is 1.98. The number of nitrogen functional groups attached to an aromatic ring is 1. The number of pyridine rings is 1. The van der Waals surface area contributed by atoms with Crippen LogP contribution in [-0.2, 0) is 0 Å². The predicted molar refractivity (Wildman–Crippen MR) is 78.8 cm³/mol. The van der Waals surface area contributed by atoms with E-state index in [1.54, 1.807) is 6.20 Å². The molecule has 2 N–H and O–H groups in total. The first kappa shape index (κ1) is 12.3. The van der Waals surface area contributed by atoms with Crippen molar-refractivity contribution in [3.05, 3.63) is 16.2 Å². The Labute approximate surface area is 117 Å². The monoisotopic (exact) mass is 309 g/mol. The van der Waals surface area contributed by atoms with Crippen molar-refractivity contribution in [1.82, 2.24) is 4.98 Å². The first-order valence-corrected chi connectivity index (χ1v) is 7.65. The Morgan fingerprint density at radius 3 is 2.94 bits per heavy atom. The van der Waals surface area contributed by atoms with Crippen molar-refractivity contribution in [1.29, 1.82) is 0 Å². The normalized spacial score (nSPS) is 27.3. The lowest BCUT2D eigenvalue weighted by Crippen LogP contribution is -2.43. The average Bonchev–Trinajstić information content (AvgIpc) is 2.84. The van der Waals surface area contributed by atoms with Crippen LogP contribution >= 0.6 is 15.9 Å². The van der Waals surface area contributed by atoms with Gasteiger partial charge in [0.25, 0.3) is 0 Å². The molecule has 0 radical (unpaired) electrons. The van der Waals surface area contributed by atoms with Crippen molar-refractivity contribution < 1.29 is 0 Å². The molecule has 2 aliphatic rings. The SMILES string of the molecule is Cc1c(N)cnc(N2CCCC3CCCC32)c1Br. The number of halogens is 1. The molecular weight excluding hydrogens is 290 g/mol. The predicted octanol–water partition coefficient (Wildman–Crippen LogP) is 3.50. The van der Waals surface area contributed by atoms with E-state index < -0.39 is 0 Å². The summed E-state index contributed by atoms with van der Waals surface area (Å²) in [5, 5.41) is 0. The van der Waals surface area contributed by atoms with Crippen molar-refractivity contribution in [2.45, 2.75) is 45.1 Å². The quantitative estimate of drug-likeness (QED) is 0.863. The molecule has 1 aliphatic carbocycles. The van der Waals surface area contributed by atoms with Gasteiger partial charge in [-0.3, -0.25) is 0 Å². The molecule has 98 valence electrons. The van der Waals surface area contributed by atoms with Crippen LogP contribution in [-0.4, -0.2) is 17.6 Å². The van der Waals surface area contributed by atoms with E-state index in [-0.39, 0.29) is 0 Å². The van der Waals surface area contributed by atoms with Gasteiger partial charge in [0, 0.05) is 12.6 Å². The van der Waals surface area contributed by atoms with E-state index in [0.717, 1.165) is 34.0 Å². The third-order valence-electron chi connectivity index (χ3n) is 4.55. The molecule has 4 heteroatoms. The zero-order valence-electron chi connectivity index (χ0n) is 10.8. The molecule has 0 spiro atoms. The molecule has 1 saturated carbocycles. The van der Waals surface area contributed by atoms with Gasteiger partial charge in [0.15, 0.2) is 0 Å². The number of nitrogens with two attached hydrogens (primary N) is 1. The van der Waals surface area contributed by atoms with Crippen LogP contribution in [0.4, 0.5) is 11.5 Å². The zero-order chi connectivity index (χ0) is 12.7. The molecule has 0 aromatic carbocycles. The Morgan fingerprint density at radius 1 is 1.33 bits per heavy atom. The maximum absolute atomic E-state index is 5.91. The van der Waals surface area contributed by atoms with Crippen LogP contribution < -0.4 is 10.6 Å². The van der Waals surface area contributed by atoms with Gasteiger partial charge >= 0.3 is 0 Å². The van der Waals surface area contributed by atoms with Gasteiger partial charge in [-0.15, -0.1) is 0 Å². The summed E-state index contributed by atoms with van der Waals surface area (Å²) in [4.78, 5) is 7.09. The zero-order valence-corrected chi connectivity index (χ0v) is 12.4. The fourth-order valence-electron chi connectivity index (χ4n) is 3.50. The molecule has 0 bridgehead atoms. The standard InChI is InChI=1S/C14H20BrN3/c1-9-11(16)8-17-14(13(9)15)18-7-3-5-10-4-2-6-12(10)18/h8,10,12H,2-7,16H2,1H3. The van der Waals surface area contributed by atoms with E-state index in [9.17, 15) is 0 Å². The van der Waals surface area contributed by atoms with Gasteiger partial charge in [-0.05, 0) is 60.0 Å². The van der Waals surface area contributed by atoms with Gasteiger partial charge in [0.2, 0.25) is 0 Å². The molecule has 1 aliphatic heterocycles. The van der Waals surface area contributed by atoms with Gasteiger partial charge in [-0.2, -0.15) is 0 Å². The Bertz CT molecular complexity index is 461. The maximum atomic E-state index is 5.91. The van der Waals surface area contributed by atoms with Crippen molar-refractivity contribution in [3.63, 3.8) is 0 Å². The number of rotatable bonds is 1. The van der Waals surface area contributed by atoms with Gasteiger partial charge < -0.3 is 10.6 Å². The second kappa shape index (κ2) is 4.72. The maximum Gasteiger partial charge on any atom is 0.143 e. The summed E-state index contributed by atoms with van der Waals surface area (Å²) in [6, 6.07) is 0.700. The average molecular weight is 310 g/mol. The van der Waals surface area contributed by atoms with Crippen molar-refractivity contribution in [2.75, 3.05) is 17.2 Å². The topological polar surface area (TPSA) is 42.1 Å². The number of hydrogen-bond acceptors (Lipinski definition) is 3. The Balaban J connectivity index is 1.96. The van der Waals surface area contributed by atoms with Gasteiger partial charge in [0.05, 0.1) is 16.4 Å². The minimum absolute atomic E-state index is 0.700. The minimum atomic E-state index is 0.700. The molecule has 3 rings (SSSR count). The van der Waals surface area contributed by atoms with E-state index in [2.05, 4.69) is 32.7 Å². The lowest BCUT2D eigenvalue weighted by Gasteiger charge is -2.39. The highest BCUT2D eigenvalue weighted by Crippen LogP contribution is 2.41. The van der Waals surface area contributed by atoms with Crippen molar-refractivity contribution in [2.24, 2.45) is 5.92 Å². The summed E-state index contributed by atoms with van der Waals surface area (Å²) in [7, 11) is 0. The summed E-state index contributed by atoms with van der Waals surface area (Å²) in [6.45, 7) is 3.19. The molecular formula is C14H20BrN3. The fraction of sp³-hybridized carbons (Fsp3) is 0.643. The highest BCUT2D eigenvalue weighted by atomic mass is 79.9. The van der Waals surface area contributed by atoms with Crippen LogP contribution in [0.15, 0.2) is 10.7 Å². The Kier molecular flexibility index (Phi) is 3.22. The van der Waals surface area contributed by atoms with Gasteiger partial charge in [-0.1, -0.05) is 6.42 Å². The van der Waals surface area contributed by atoms with E-state index in [4.69, 9.17) is 5.73 Å². The first-order valence-electron chi connectivity index (χ1n) is 6.85. The Hall–Kier alpha value is -0.770. The number of fused-ring (bicyclic) bond motifs is 1. The summed E-state index contributed by atoms with van der Waals surface area (Å²) >= 11 is 3.68. The van der Waals surface area contributed by atoms with Crippen LogP contribution in [0.1, 0.15) is 37.7 Å². The van der Waals surface area contributed by atoms with Crippen LogP contribution in [0, 0.1) is 12.8 Å². The third kappa shape index (κ3) is 1.91. The van der Waals surface area contributed by atoms with E-state index in [0.29, 0.717) is 6.04 Å². The number of nitrogens with zero attached hydrogens (tertiary/aromatic N) is 2.